The monoisotopic (exact) mass is 326 g/mol. The first kappa shape index (κ1) is 16.3. The van der Waals surface area contributed by atoms with Gasteiger partial charge < -0.3 is 10.1 Å². The lowest BCUT2D eigenvalue weighted by atomic mass is 9.92. The van der Waals surface area contributed by atoms with Crippen LogP contribution < -0.4 is 5.32 Å². The molecule has 24 heavy (non-hydrogen) atoms. The standard InChI is InChI=1S/C21H30N2O/c1-15(10-17-6-4-3-5-7-17)19-11-21(19)22-20-8-9-23(12-16(20)2)18-13-24-14-18/h3-7,10,16,18-22H,8-9,11-14H2,1-2H3/b15-10+/t16?,19-,20?,21+/m0/s1. The fourth-order valence-electron chi connectivity index (χ4n) is 4.27. The highest BCUT2D eigenvalue weighted by Crippen LogP contribution is 2.39. The fourth-order valence-corrected chi connectivity index (χ4v) is 4.27. The molecule has 3 fully saturated rings. The zero-order valence-corrected chi connectivity index (χ0v) is 14.9. The number of benzene rings is 1. The Morgan fingerprint density at radius 2 is 2.00 bits per heavy atom. The van der Waals surface area contributed by atoms with Crippen molar-refractivity contribution in [1.82, 2.24) is 10.2 Å². The molecule has 0 amide bonds. The molecule has 1 aromatic carbocycles. The zero-order valence-electron chi connectivity index (χ0n) is 14.9. The van der Waals surface area contributed by atoms with Crippen molar-refractivity contribution in [1.29, 1.82) is 0 Å². The van der Waals surface area contributed by atoms with E-state index >= 15 is 0 Å². The molecule has 4 atom stereocenters. The van der Waals surface area contributed by atoms with Crippen LogP contribution >= 0.6 is 0 Å². The lowest BCUT2D eigenvalue weighted by molar-refractivity contribution is -0.0784. The van der Waals surface area contributed by atoms with Gasteiger partial charge in [-0.3, -0.25) is 4.90 Å². The van der Waals surface area contributed by atoms with Crippen LogP contribution in [0, 0.1) is 11.8 Å². The van der Waals surface area contributed by atoms with E-state index in [-0.39, 0.29) is 0 Å². The number of piperidine rings is 1. The predicted octanol–water partition coefficient (Wildman–Crippen LogP) is 3.18. The van der Waals surface area contributed by atoms with E-state index in [1.54, 1.807) is 0 Å². The molecule has 3 aliphatic rings. The Morgan fingerprint density at radius 1 is 1.21 bits per heavy atom. The molecule has 2 saturated heterocycles. The van der Waals surface area contributed by atoms with Gasteiger partial charge in [-0.1, -0.05) is 48.9 Å². The van der Waals surface area contributed by atoms with Crippen LogP contribution in [0.5, 0.6) is 0 Å². The average molecular weight is 326 g/mol. The number of rotatable bonds is 5. The molecule has 0 radical (unpaired) electrons. The molecule has 1 aliphatic carbocycles. The van der Waals surface area contributed by atoms with E-state index in [9.17, 15) is 0 Å². The smallest absolute Gasteiger partial charge is 0.0645 e. The summed E-state index contributed by atoms with van der Waals surface area (Å²) in [7, 11) is 0. The minimum Gasteiger partial charge on any atom is -0.378 e. The maximum absolute atomic E-state index is 5.35. The van der Waals surface area contributed by atoms with Crippen molar-refractivity contribution in [2.45, 2.75) is 44.8 Å². The van der Waals surface area contributed by atoms with Gasteiger partial charge in [0.15, 0.2) is 0 Å². The molecule has 1 aromatic rings. The molecule has 2 heterocycles. The molecule has 4 rings (SSSR count). The number of nitrogens with zero attached hydrogens (tertiary/aromatic N) is 1. The van der Waals surface area contributed by atoms with Gasteiger partial charge in [-0.05, 0) is 37.2 Å². The topological polar surface area (TPSA) is 24.5 Å². The molecular formula is C21H30N2O. The summed E-state index contributed by atoms with van der Waals surface area (Å²) >= 11 is 0. The fraction of sp³-hybridized carbons (Fsp3) is 0.619. The molecular weight excluding hydrogens is 296 g/mol. The van der Waals surface area contributed by atoms with Crippen LogP contribution in [0.4, 0.5) is 0 Å². The van der Waals surface area contributed by atoms with E-state index in [2.05, 4.69) is 60.5 Å². The van der Waals surface area contributed by atoms with Gasteiger partial charge in [0, 0.05) is 25.2 Å². The van der Waals surface area contributed by atoms with Crippen molar-refractivity contribution in [3.8, 4) is 0 Å². The van der Waals surface area contributed by atoms with Crippen LogP contribution in [0.1, 0.15) is 32.3 Å². The highest BCUT2D eigenvalue weighted by molar-refractivity contribution is 5.53. The third-order valence-corrected chi connectivity index (χ3v) is 6.07. The minimum absolute atomic E-state index is 0.682. The predicted molar refractivity (Wildman–Crippen MR) is 98.9 cm³/mol. The quantitative estimate of drug-likeness (QED) is 0.899. The zero-order chi connectivity index (χ0) is 16.5. The number of likely N-dealkylation sites (tertiary alicyclic amines) is 1. The first-order valence-electron chi connectivity index (χ1n) is 9.52. The summed E-state index contributed by atoms with van der Waals surface area (Å²) in [6.45, 7) is 9.04. The average Bonchev–Trinajstić information content (AvgIpc) is 3.29. The van der Waals surface area contributed by atoms with Crippen molar-refractivity contribution in [2.24, 2.45) is 11.8 Å². The second-order valence-corrected chi connectivity index (χ2v) is 7.97. The second-order valence-electron chi connectivity index (χ2n) is 7.97. The Labute approximate surface area is 146 Å². The molecule has 3 heteroatoms. The Balaban J connectivity index is 1.27. The third-order valence-electron chi connectivity index (χ3n) is 6.07. The van der Waals surface area contributed by atoms with Crippen molar-refractivity contribution >= 4 is 6.08 Å². The van der Waals surface area contributed by atoms with Crippen LogP contribution in [-0.2, 0) is 4.74 Å². The SMILES string of the molecule is C/C(=C\c1ccccc1)[C@@H]1C[C@H]1NC1CCN(C2COC2)CC1C. The number of ether oxygens (including phenoxy) is 1. The highest BCUT2D eigenvalue weighted by Gasteiger charge is 2.41. The van der Waals surface area contributed by atoms with E-state index in [0.717, 1.165) is 25.0 Å². The van der Waals surface area contributed by atoms with Gasteiger partial charge in [0.05, 0.1) is 19.3 Å². The van der Waals surface area contributed by atoms with Crippen molar-refractivity contribution in [3.63, 3.8) is 0 Å². The molecule has 0 aromatic heterocycles. The van der Waals surface area contributed by atoms with Gasteiger partial charge in [0.1, 0.15) is 0 Å². The largest absolute Gasteiger partial charge is 0.378 e. The highest BCUT2D eigenvalue weighted by atomic mass is 16.5. The summed E-state index contributed by atoms with van der Waals surface area (Å²) in [5, 5.41) is 3.96. The minimum atomic E-state index is 0.682. The summed E-state index contributed by atoms with van der Waals surface area (Å²) in [4.78, 5) is 2.64. The molecule has 2 unspecified atom stereocenters. The van der Waals surface area contributed by atoms with E-state index in [1.807, 2.05) is 0 Å². The van der Waals surface area contributed by atoms with Gasteiger partial charge in [0.25, 0.3) is 0 Å². The first-order valence-corrected chi connectivity index (χ1v) is 9.52. The lowest BCUT2D eigenvalue weighted by Crippen LogP contribution is -2.57. The Hall–Kier alpha value is -1.16. The normalized spacial score (nSPS) is 34.8. The van der Waals surface area contributed by atoms with Gasteiger partial charge in [-0.2, -0.15) is 0 Å². The molecule has 0 spiro atoms. The molecule has 3 nitrogen and oxygen atoms in total. The van der Waals surface area contributed by atoms with Gasteiger partial charge >= 0.3 is 0 Å². The van der Waals surface area contributed by atoms with Gasteiger partial charge in [-0.15, -0.1) is 0 Å². The number of hydrogen-bond acceptors (Lipinski definition) is 3. The summed E-state index contributed by atoms with van der Waals surface area (Å²) in [5.74, 6) is 1.47. The van der Waals surface area contributed by atoms with Gasteiger partial charge in [-0.25, -0.2) is 0 Å². The second kappa shape index (κ2) is 6.99. The van der Waals surface area contributed by atoms with Crippen molar-refractivity contribution in [3.05, 3.63) is 41.5 Å². The number of hydrogen-bond donors (Lipinski definition) is 1. The first-order chi connectivity index (χ1) is 11.7. The number of nitrogens with one attached hydrogen (secondary N) is 1. The Kier molecular flexibility index (Phi) is 4.75. The summed E-state index contributed by atoms with van der Waals surface area (Å²) in [5.41, 5.74) is 2.85. The molecule has 2 aliphatic heterocycles. The summed E-state index contributed by atoms with van der Waals surface area (Å²) in [6, 6.07) is 12.8. The molecule has 1 saturated carbocycles. The van der Waals surface area contributed by atoms with E-state index in [1.165, 1.54) is 37.1 Å². The van der Waals surface area contributed by atoms with Crippen LogP contribution in [0.15, 0.2) is 35.9 Å². The van der Waals surface area contributed by atoms with E-state index in [0.29, 0.717) is 18.1 Å². The van der Waals surface area contributed by atoms with Gasteiger partial charge in [0.2, 0.25) is 0 Å². The van der Waals surface area contributed by atoms with E-state index < -0.39 is 0 Å². The molecule has 130 valence electrons. The van der Waals surface area contributed by atoms with Crippen molar-refractivity contribution in [2.75, 3.05) is 26.3 Å². The van der Waals surface area contributed by atoms with Crippen LogP contribution in [0.25, 0.3) is 6.08 Å². The maximum atomic E-state index is 5.35. The van der Waals surface area contributed by atoms with Crippen LogP contribution in [-0.4, -0.2) is 49.3 Å². The Bertz CT molecular complexity index is 581. The third kappa shape index (κ3) is 3.58. The van der Waals surface area contributed by atoms with Crippen molar-refractivity contribution < 1.29 is 4.74 Å². The Morgan fingerprint density at radius 3 is 2.67 bits per heavy atom. The molecule has 0 bridgehead atoms. The lowest BCUT2D eigenvalue weighted by Gasteiger charge is -2.44. The summed E-state index contributed by atoms with van der Waals surface area (Å²) in [6.07, 6.45) is 4.94. The van der Waals surface area contributed by atoms with E-state index in [4.69, 9.17) is 4.74 Å². The summed E-state index contributed by atoms with van der Waals surface area (Å²) < 4.78 is 5.35. The molecule has 1 N–H and O–H groups in total. The maximum Gasteiger partial charge on any atom is 0.0645 e. The van der Waals surface area contributed by atoms with Crippen LogP contribution in [0.3, 0.4) is 0 Å². The van der Waals surface area contributed by atoms with Crippen LogP contribution in [0.2, 0.25) is 0 Å².